The summed E-state index contributed by atoms with van der Waals surface area (Å²) in [6.45, 7) is 1.91. The minimum absolute atomic E-state index is 0.0406. The van der Waals surface area contributed by atoms with Crippen LogP contribution in [0.25, 0.3) is 11.5 Å². The highest BCUT2D eigenvalue weighted by molar-refractivity contribution is 7.91. The first-order valence-electron chi connectivity index (χ1n) is 7.83. The van der Waals surface area contributed by atoms with Crippen LogP contribution in [0.1, 0.15) is 11.3 Å². The second-order valence-electron chi connectivity index (χ2n) is 5.62. The third-order valence-electron chi connectivity index (χ3n) is 3.79. The molecule has 1 aromatic heterocycles. The molecule has 0 saturated carbocycles. The van der Waals surface area contributed by atoms with Crippen LogP contribution in [0.15, 0.2) is 62.9 Å². The van der Waals surface area contributed by atoms with Crippen molar-refractivity contribution in [3.05, 3.63) is 72.1 Å². The first-order chi connectivity index (χ1) is 12.4. The van der Waals surface area contributed by atoms with Gasteiger partial charge in [0.15, 0.2) is 5.76 Å². The smallest absolute Gasteiger partial charge is 0.227 e. The molecule has 5 nitrogen and oxygen atoms in total. The zero-order valence-corrected chi connectivity index (χ0v) is 15.1. The highest BCUT2D eigenvalue weighted by Crippen LogP contribution is 2.31. The molecule has 2 aromatic carbocycles. The summed E-state index contributed by atoms with van der Waals surface area (Å²) in [4.78, 5) is 4.28. The summed E-state index contributed by atoms with van der Waals surface area (Å²) in [5, 5.41) is -0.223. The van der Waals surface area contributed by atoms with Crippen molar-refractivity contribution in [3.8, 4) is 11.5 Å². The maximum Gasteiger partial charge on any atom is 0.227 e. The van der Waals surface area contributed by atoms with Gasteiger partial charge in [0, 0.05) is 12.7 Å². The molecule has 1 heterocycles. The highest BCUT2D eigenvalue weighted by atomic mass is 32.2. The molecule has 0 aliphatic carbocycles. The van der Waals surface area contributed by atoms with Gasteiger partial charge < -0.3 is 9.15 Å². The average Bonchev–Trinajstić information content (AvgIpc) is 3.07. The second kappa shape index (κ2) is 7.39. The van der Waals surface area contributed by atoms with Crippen LogP contribution in [-0.2, 0) is 14.6 Å². The van der Waals surface area contributed by atoms with Gasteiger partial charge >= 0.3 is 0 Å². The first-order valence-corrected chi connectivity index (χ1v) is 9.31. The Kier molecular flexibility index (Phi) is 5.20. The number of benzene rings is 2. The number of aryl methyl sites for hydroxylation is 1. The first kappa shape index (κ1) is 18.3. The average molecular weight is 374 g/mol. The molecule has 0 aliphatic heterocycles. The van der Waals surface area contributed by atoms with Crippen LogP contribution in [-0.4, -0.2) is 27.1 Å². The molecule has 0 unspecified atom stereocenters. The molecule has 0 bridgehead atoms. The van der Waals surface area contributed by atoms with Crippen molar-refractivity contribution in [2.75, 3.05) is 13.7 Å². The molecule has 3 rings (SSSR count). The van der Waals surface area contributed by atoms with Gasteiger partial charge in [-0.2, -0.15) is 4.98 Å². The summed E-state index contributed by atoms with van der Waals surface area (Å²) in [6.07, 6.45) is 1.49. The van der Waals surface area contributed by atoms with E-state index in [1.807, 2.05) is 0 Å². The minimum atomic E-state index is -3.90. The number of hydrogen-bond donors (Lipinski definition) is 0. The van der Waals surface area contributed by atoms with E-state index in [-0.39, 0.29) is 28.2 Å². The Hall–Kier alpha value is -2.51. The summed E-state index contributed by atoms with van der Waals surface area (Å²) in [7, 11) is -2.41. The molecule has 0 N–H and O–H groups in total. The topological polar surface area (TPSA) is 69.4 Å². The van der Waals surface area contributed by atoms with Crippen LogP contribution in [0, 0.1) is 19.2 Å². The normalized spacial score (nSPS) is 11.7. The zero-order valence-electron chi connectivity index (χ0n) is 14.3. The van der Waals surface area contributed by atoms with Gasteiger partial charge in [-0.3, -0.25) is 0 Å². The number of sulfone groups is 1. The van der Waals surface area contributed by atoms with Gasteiger partial charge in [0.1, 0.15) is 5.82 Å². The van der Waals surface area contributed by atoms with Crippen molar-refractivity contribution in [2.45, 2.75) is 16.8 Å². The second-order valence-corrected chi connectivity index (χ2v) is 7.49. The van der Waals surface area contributed by atoms with Crippen LogP contribution in [0.3, 0.4) is 0 Å². The van der Waals surface area contributed by atoms with Crippen LogP contribution in [0.4, 0.5) is 4.39 Å². The van der Waals surface area contributed by atoms with E-state index in [2.05, 4.69) is 4.98 Å². The van der Waals surface area contributed by atoms with Crippen molar-refractivity contribution in [2.24, 2.45) is 0 Å². The monoisotopic (exact) mass is 374 g/mol. The molecule has 26 heavy (non-hydrogen) atoms. The Bertz CT molecular complexity index is 1010. The Morgan fingerprint density at radius 2 is 1.92 bits per heavy atom. The number of aromatic nitrogens is 1. The largest absolute Gasteiger partial charge is 0.439 e. The van der Waals surface area contributed by atoms with Gasteiger partial charge in [-0.05, 0) is 36.8 Å². The third-order valence-corrected chi connectivity index (χ3v) is 5.49. The van der Waals surface area contributed by atoms with E-state index in [0.717, 1.165) is 5.56 Å². The fourth-order valence-electron chi connectivity index (χ4n) is 2.45. The van der Waals surface area contributed by atoms with E-state index in [1.165, 1.54) is 37.8 Å². The lowest BCUT2D eigenvalue weighted by atomic mass is 10.1. The van der Waals surface area contributed by atoms with Gasteiger partial charge in [0.05, 0.1) is 17.9 Å². The molecule has 0 atom stereocenters. The number of rotatable bonds is 6. The Labute approximate surface area is 151 Å². The summed E-state index contributed by atoms with van der Waals surface area (Å²) in [5.74, 6) is -0.355. The van der Waals surface area contributed by atoms with E-state index in [1.54, 1.807) is 31.2 Å². The SMILES string of the molecule is COC[CH]c1oc(-c2cc(F)ccc2C)nc1S(=O)(=O)c1ccccc1. The number of methoxy groups -OCH3 is 1. The molecular weight excluding hydrogens is 357 g/mol. The molecule has 135 valence electrons. The standard InChI is InChI=1S/C19H17FNO4S/c1-13-8-9-14(20)12-16(13)18-21-19(17(25-18)10-11-24-2)26(22,23)15-6-4-3-5-7-15/h3-10,12H,11H2,1-2H3. The third kappa shape index (κ3) is 3.54. The van der Waals surface area contributed by atoms with Crippen LogP contribution in [0.5, 0.6) is 0 Å². The molecule has 0 saturated heterocycles. The number of halogens is 1. The molecule has 0 amide bonds. The number of nitrogens with zero attached hydrogens (tertiary/aromatic N) is 1. The van der Waals surface area contributed by atoms with Gasteiger partial charge in [-0.15, -0.1) is 0 Å². The summed E-state index contributed by atoms with van der Waals surface area (Å²) in [5.41, 5.74) is 1.11. The fraction of sp³-hybridized carbons (Fsp3) is 0.158. The summed E-state index contributed by atoms with van der Waals surface area (Å²) in [6, 6.07) is 12.1. The predicted molar refractivity (Wildman–Crippen MR) is 93.8 cm³/mol. The fourth-order valence-corrected chi connectivity index (χ4v) is 3.78. The zero-order chi connectivity index (χ0) is 18.7. The maximum absolute atomic E-state index is 13.6. The minimum Gasteiger partial charge on any atom is -0.439 e. The quantitative estimate of drug-likeness (QED) is 0.656. The van der Waals surface area contributed by atoms with E-state index < -0.39 is 15.7 Å². The van der Waals surface area contributed by atoms with Gasteiger partial charge in [-0.25, -0.2) is 12.8 Å². The van der Waals surface area contributed by atoms with E-state index in [4.69, 9.17) is 9.15 Å². The predicted octanol–water partition coefficient (Wildman–Crippen LogP) is 3.82. The summed E-state index contributed by atoms with van der Waals surface area (Å²) < 4.78 is 50.2. The number of oxazole rings is 1. The molecule has 7 heteroatoms. The lowest BCUT2D eigenvalue weighted by Crippen LogP contribution is -2.06. The lowest BCUT2D eigenvalue weighted by molar-refractivity contribution is 0.222. The number of ether oxygens (including phenoxy) is 1. The van der Waals surface area contributed by atoms with Crippen LogP contribution >= 0.6 is 0 Å². The molecule has 0 aliphatic rings. The lowest BCUT2D eigenvalue weighted by Gasteiger charge is -2.02. The molecule has 0 spiro atoms. The molecule has 0 fully saturated rings. The molecular formula is C19H17FNO4S. The maximum atomic E-state index is 13.6. The van der Waals surface area contributed by atoms with E-state index >= 15 is 0 Å². The van der Waals surface area contributed by atoms with Crippen molar-refractivity contribution < 1.29 is 22.0 Å². The van der Waals surface area contributed by atoms with Crippen molar-refractivity contribution in [1.82, 2.24) is 4.98 Å². The van der Waals surface area contributed by atoms with Crippen LogP contribution in [0.2, 0.25) is 0 Å². The summed E-state index contributed by atoms with van der Waals surface area (Å²) >= 11 is 0. The Balaban J connectivity index is 2.15. The van der Waals surface area contributed by atoms with Gasteiger partial charge in [-0.1, -0.05) is 24.3 Å². The van der Waals surface area contributed by atoms with Crippen molar-refractivity contribution >= 4 is 9.84 Å². The number of hydrogen-bond acceptors (Lipinski definition) is 5. The van der Waals surface area contributed by atoms with E-state index in [0.29, 0.717) is 5.56 Å². The van der Waals surface area contributed by atoms with Gasteiger partial charge in [0.2, 0.25) is 20.8 Å². The van der Waals surface area contributed by atoms with Crippen molar-refractivity contribution in [3.63, 3.8) is 0 Å². The molecule has 3 aromatic rings. The highest BCUT2D eigenvalue weighted by Gasteiger charge is 2.28. The Morgan fingerprint density at radius 1 is 1.19 bits per heavy atom. The Morgan fingerprint density at radius 3 is 2.62 bits per heavy atom. The van der Waals surface area contributed by atoms with Crippen molar-refractivity contribution in [1.29, 1.82) is 0 Å². The van der Waals surface area contributed by atoms with E-state index in [9.17, 15) is 12.8 Å². The van der Waals surface area contributed by atoms with Crippen LogP contribution < -0.4 is 0 Å². The van der Waals surface area contributed by atoms with Gasteiger partial charge in [0.25, 0.3) is 0 Å². The molecule has 1 radical (unpaired) electrons.